The average molecular weight is 352 g/mol. The van der Waals surface area contributed by atoms with Gasteiger partial charge in [0, 0.05) is 6.42 Å². The molecule has 0 heterocycles. The summed E-state index contributed by atoms with van der Waals surface area (Å²) in [5.74, 6) is 0. The molecular formula is C8H15F11O2. The van der Waals surface area contributed by atoms with Crippen LogP contribution in [-0.4, -0.2) is 40.2 Å². The van der Waals surface area contributed by atoms with E-state index >= 15 is 0 Å². The van der Waals surface area contributed by atoms with E-state index in [1.165, 1.54) is 0 Å². The van der Waals surface area contributed by atoms with E-state index in [1.54, 1.807) is 0 Å². The van der Waals surface area contributed by atoms with Crippen molar-refractivity contribution in [1.29, 1.82) is 0 Å². The first kappa shape index (κ1) is 32.2. The summed E-state index contributed by atoms with van der Waals surface area (Å²) in [5, 5.41) is 0. The normalized spacial score (nSPS) is 9.43. The summed E-state index contributed by atoms with van der Waals surface area (Å²) in [7, 11) is 1.00. The van der Waals surface area contributed by atoms with E-state index in [1.807, 2.05) is 0 Å². The molecule has 21 heavy (non-hydrogen) atoms. The Labute approximate surface area is 113 Å². The minimum atomic E-state index is -4.55. The van der Waals surface area contributed by atoms with Crippen molar-refractivity contribution in [3.05, 3.63) is 0 Å². The van der Waals surface area contributed by atoms with E-state index in [4.69, 9.17) is 0 Å². The lowest BCUT2D eigenvalue weighted by Gasteiger charge is -1.97. The lowest BCUT2D eigenvalue weighted by Crippen LogP contribution is -2.13. The predicted octanol–water partition coefficient (Wildman–Crippen LogP) is 5.39. The highest BCUT2D eigenvalue weighted by Gasteiger charge is 2.27. The molecule has 0 saturated heterocycles. The zero-order valence-electron chi connectivity index (χ0n) is 11.1. The number of hydrogen-bond donors (Lipinski definition) is 0. The van der Waals surface area contributed by atoms with Crippen LogP contribution in [0.15, 0.2) is 0 Å². The van der Waals surface area contributed by atoms with Crippen LogP contribution in [0.25, 0.3) is 0 Å². The SMILES string of the molecule is CCC(F)(F)F.CF.CF.FCOF.FOCC(F)(F)F. The van der Waals surface area contributed by atoms with Crippen LogP contribution < -0.4 is 0 Å². The zero-order chi connectivity index (χ0) is 18.5. The van der Waals surface area contributed by atoms with Crippen molar-refractivity contribution in [2.75, 3.05) is 27.8 Å². The molecule has 0 rings (SSSR count). The first-order chi connectivity index (χ1) is 9.54. The Hall–Kier alpha value is -0.850. The Balaban J connectivity index is -0.0000000557. The molecule has 0 aromatic heterocycles. The van der Waals surface area contributed by atoms with E-state index in [2.05, 4.69) is 9.88 Å². The second-order valence-electron chi connectivity index (χ2n) is 2.06. The van der Waals surface area contributed by atoms with Gasteiger partial charge in [-0.1, -0.05) is 6.92 Å². The fraction of sp³-hybridized carbons (Fsp3) is 1.00. The Morgan fingerprint density at radius 3 is 0.952 bits per heavy atom. The Kier molecular flexibility index (Phi) is 37.1. The van der Waals surface area contributed by atoms with Crippen molar-refractivity contribution in [1.82, 2.24) is 0 Å². The summed E-state index contributed by atoms with van der Waals surface area (Å²) in [6, 6.07) is 0. The van der Waals surface area contributed by atoms with Crippen LogP contribution in [0.5, 0.6) is 0 Å². The van der Waals surface area contributed by atoms with Crippen molar-refractivity contribution < 1.29 is 58.4 Å². The molecule has 0 N–H and O–H groups in total. The van der Waals surface area contributed by atoms with Gasteiger partial charge in [0.2, 0.25) is 6.86 Å². The van der Waals surface area contributed by atoms with Gasteiger partial charge in [-0.15, -0.1) is 0 Å². The molecule has 0 atom stereocenters. The van der Waals surface area contributed by atoms with Gasteiger partial charge in [0.15, 0.2) is 6.61 Å². The van der Waals surface area contributed by atoms with Crippen molar-refractivity contribution in [2.24, 2.45) is 0 Å². The van der Waals surface area contributed by atoms with Gasteiger partial charge < -0.3 is 0 Å². The molecule has 136 valence electrons. The molecule has 0 saturated carbocycles. The Morgan fingerprint density at radius 1 is 0.714 bits per heavy atom. The first-order valence-corrected chi connectivity index (χ1v) is 4.46. The second-order valence-corrected chi connectivity index (χ2v) is 2.06. The molecule has 0 aliphatic rings. The van der Waals surface area contributed by atoms with Gasteiger partial charge in [-0.2, -0.15) is 36.2 Å². The number of hydrogen-bond acceptors (Lipinski definition) is 2. The van der Waals surface area contributed by atoms with Crippen LogP contribution in [-0.2, 0) is 9.88 Å². The van der Waals surface area contributed by atoms with Crippen molar-refractivity contribution in [2.45, 2.75) is 25.7 Å². The monoisotopic (exact) mass is 352 g/mol. The van der Waals surface area contributed by atoms with Gasteiger partial charge in [-0.25, -0.2) is 4.39 Å². The summed E-state index contributed by atoms with van der Waals surface area (Å²) in [4.78, 5) is 4.66. The molecule has 0 aromatic rings. The quantitative estimate of drug-likeness (QED) is 0.620. The molecule has 0 aliphatic heterocycles. The molecule has 2 nitrogen and oxygen atoms in total. The van der Waals surface area contributed by atoms with Gasteiger partial charge in [0.05, 0.1) is 14.4 Å². The Morgan fingerprint density at radius 2 is 0.952 bits per heavy atom. The molecule has 0 bridgehead atoms. The zero-order valence-corrected chi connectivity index (χ0v) is 11.1. The maximum atomic E-state index is 10.8. The first-order valence-electron chi connectivity index (χ1n) is 4.46. The molecule has 0 spiro atoms. The number of alkyl halides is 9. The van der Waals surface area contributed by atoms with Gasteiger partial charge in [0.25, 0.3) is 0 Å². The standard InChI is InChI=1S/C3H5F3.C2H2F4O.CH2F2O.2CH3F/c1-2-3(4,5)6;3-2(4,5)1-7-6;2-1-4-3;2*1-2/h2H2,1H3;1H2;1H2;2*1H3. The van der Waals surface area contributed by atoms with Gasteiger partial charge in [-0.3, -0.25) is 8.78 Å². The second kappa shape index (κ2) is 24.2. The molecule has 0 amide bonds. The van der Waals surface area contributed by atoms with Crippen molar-refractivity contribution >= 4 is 0 Å². The van der Waals surface area contributed by atoms with Crippen LogP contribution in [0.2, 0.25) is 0 Å². The van der Waals surface area contributed by atoms with E-state index in [9.17, 15) is 48.6 Å². The highest BCUT2D eigenvalue weighted by Crippen LogP contribution is 2.17. The van der Waals surface area contributed by atoms with Gasteiger partial charge >= 0.3 is 12.4 Å². The summed E-state index contributed by atoms with van der Waals surface area (Å²) in [5.41, 5.74) is 0. The highest BCUT2D eigenvalue weighted by atomic mass is 19.4. The van der Waals surface area contributed by atoms with Crippen LogP contribution in [0, 0.1) is 0 Å². The third kappa shape index (κ3) is 110. The maximum absolute atomic E-state index is 10.8. The minimum absolute atomic E-state index is 0.500. The third-order valence-corrected chi connectivity index (χ3v) is 0.660. The predicted molar refractivity (Wildman–Crippen MR) is 51.7 cm³/mol. The third-order valence-electron chi connectivity index (χ3n) is 0.660. The van der Waals surface area contributed by atoms with Crippen LogP contribution in [0.4, 0.5) is 48.6 Å². The molecule has 0 aromatic carbocycles. The summed E-state index contributed by atoms with van der Waals surface area (Å²) < 4.78 is 114. The molecule has 0 aliphatic carbocycles. The van der Waals surface area contributed by atoms with E-state index in [0.717, 1.165) is 6.92 Å². The largest absolute Gasteiger partial charge is 0.415 e. The lowest BCUT2D eigenvalue weighted by atomic mass is 10.5. The topological polar surface area (TPSA) is 18.5 Å². The molecular weight excluding hydrogens is 337 g/mol. The van der Waals surface area contributed by atoms with Crippen LogP contribution in [0.3, 0.4) is 0 Å². The van der Waals surface area contributed by atoms with Gasteiger partial charge in [0.1, 0.15) is 0 Å². The molecule has 0 radical (unpaired) electrons. The fourth-order valence-electron chi connectivity index (χ4n) is 0.0619. The molecule has 0 fully saturated rings. The highest BCUT2D eigenvalue weighted by molar-refractivity contribution is 4.40. The minimum Gasteiger partial charge on any atom is -0.255 e. The molecule has 0 unspecified atom stereocenters. The Bertz CT molecular complexity index is 146. The smallest absolute Gasteiger partial charge is 0.255 e. The fourth-order valence-corrected chi connectivity index (χ4v) is 0.0619. The maximum Gasteiger partial charge on any atom is 0.415 e. The van der Waals surface area contributed by atoms with E-state index in [-0.39, 0.29) is 0 Å². The summed E-state index contributed by atoms with van der Waals surface area (Å²) >= 11 is 0. The number of rotatable bonds is 2. The summed E-state index contributed by atoms with van der Waals surface area (Å²) in [6.45, 7) is -2.09. The van der Waals surface area contributed by atoms with Gasteiger partial charge in [-0.05, 0) is 9.05 Å². The van der Waals surface area contributed by atoms with Crippen molar-refractivity contribution in [3.8, 4) is 0 Å². The molecule has 13 heteroatoms. The van der Waals surface area contributed by atoms with Crippen LogP contribution in [0.1, 0.15) is 13.3 Å². The van der Waals surface area contributed by atoms with Crippen LogP contribution >= 0.6 is 0 Å². The average Bonchev–Trinajstić information content (AvgIpc) is 2.42. The van der Waals surface area contributed by atoms with Crippen molar-refractivity contribution in [3.63, 3.8) is 0 Å². The van der Waals surface area contributed by atoms with E-state index in [0.29, 0.717) is 14.4 Å². The summed E-state index contributed by atoms with van der Waals surface area (Å²) in [6.07, 6.45) is -9.23. The number of halogens is 11. The van der Waals surface area contributed by atoms with E-state index < -0.39 is 32.2 Å². The lowest BCUT2D eigenvalue weighted by molar-refractivity contribution is -0.245.